The first-order valence-corrected chi connectivity index (χ1v) is 5.27. The summed E-state index contributed by atoms with van der Waals surface area (Å²) in [5.74, 6) is -0.436. The average molecular weight is 254 g/mol. The SMILES string of the molecule is Cc1ccc(C(=O)Nc2cccc(Cl)c2F)o1. The van der Waals surface area contributed by atoms with Crippen LogP contribution in [0, 0.1) is 12.7 Å². The van der Waals surface area contributed by atoms with Crippen LogP contribution in [0.1, 0.15) is 16.3 Å². The standard InChI is InChI=1S/C12H9ClFNO2/c1-7-5-6-10(17-7)12(16)15-9-4-2-3-8(13)11(9)14/h2-6H,1H3,(H,15,16). The molecule has 5 heteroatoms. The molecule has 1 aromatic heterocycles. The van der Waals surface area contributed by atoms with Crippen molar-refractivity contribution in [2.75, 3.05) is 5.32 Å². The van der Waals surface area contributed by atoms with Gasteiger partial charge in [0.2, 0.25) is 0 Å². The quantitative estimate of drug-likeness (QED) is 0.888. The predicted octanol–water partition coefficient (Wildman–Crippen LogP) is 3.63. The molecule has 2 rings (SSSR count). The van der Waals surface area contributed by atoms with Crippen LogP contribution in [0.25, 0.3) is 0 Å². The number of halogens is 2. The number of hydrogen-bond donors (Lipinski definition) is 1. The van der Waals surface area contributed by atoms with Gasteiger partial charge < -0.3 is 9.73 Å². The van der Waals surface area contributed by atoms with Crippen LogP contribution in [0.5, 0.6) is 0 Å². The molecule has 0 aliphatic rings. The summed E-state index contributed by atoms with van der Waals surface area (Å²) in [6.45, 7) is 1.72. The first-order chi connectivity index (χ1) is 8.08. The van der Waals surface area contributed by atoms with Crippen molar-refractivity contribution < 1.29 is 13.6 Å². The molecule has 1 amide bonds. The van der Waals surface area contributed by atoms with E-state index in [1.165, 1.54) is 18.2 Å². The maximum atomic E-state index is 13.5. The van der Waals surface area contributed by atoms with Gasteiger partial charge in [0.1, 0.15) is 5.76 Å². The lowest BCUT2D eigenvalue weighted by Gasteiger charge is -2.05. The van der Waals surface area contributed by atoms with Crippen molar-refractivity contribution in [2.24, 2.45) is 0 Å². The fourth-order valence-electron chi connectivity index (χ4n) is 1.34. The summed E-state index contributed by atoms with van der Waals surface area (Å²) in [6.07, 6.45) is 0. The van der Waals surface area contributed by atoms with E-state index in [1.807, 2.05) is 0 Å². The fourth-order valence-corrected chi connectivity index (χ4v) is 1.52. The van der Waals surface area contributed by atoms with Gasteiger partial charge in [-0.3, -0.25) is 4.79 Å². The summed E-state index contributed by atoms with van der Waals surface area (Å²) < 4.78 is 18.6. The van der Waals surface area contributed by atoms with E-state index >= 15 is 0 Å². The summed E-state index contributed by atoms with van der Waals surface area (Å²) in [7, 11) is 0. The second-order valence-electron chi connectivity index (χ2n) is 3.47. The molecule has 3 nitrogen and oxygen atoms in total. The van der Waals surface area contributed by atoms with Crippen LogP contribution >= 0.6 is 11.6 Å². The molecule has 0 unspecified atom stereocenters. The number of aryl methyl sites for hydroxylation is 1. The Morgan fingerprint density at radius 3 is 2.76 bits per heavy atom. The van der Waals surface area contributed by atoms with Gasteiger partial charge in [-0.05, 0) is 31.2 Å². The van der Waals surface area contributed by atoms with Crippen LogP contribution in [0.4, 0.5) is 10.1 Å². The van der Waals surface area contributed by atoms with E-state index in [9.17, 15) is 9.18 Å². The van der Waals surface area contributed by atoms with Gasteiger partial charge in [-0.1, -0.05) is 17.7 Å². The third kappa shape index (κ3) is 2.47. The van der Waals surface area contributed by atoms with Crippen molar-refractivity contribution in [1.29, 1.82) is 0 Å². The Bertz CT molecular complexity index is 565. The summed E-state index contributed by atoms with van der Waals surface area (Å²) in [6, 6.07) is 7.56. The summed E-state index contributed by atoms with van der Waals surface area (Å²) in [5, 5.41) is 2.35. The van der Waals surface area contributed by atoms with Crippen LogP contribution in [-0.4, -0.2) is 5.91 Å². The van der Waals surface area contributed by atoms with Crippen LogP contribution in [0.3, 0.4) is 0 Å². The molecule has 0 saturated heterocycles. The van der Waals surface area contributed by atoms with Gasteiger partial charge in [-0.25, -0.2) is 4.39 Å². The Morgan fingerprint density at radius 1 is 1.35 bits per heavy atom. The van der Waals surface area contributed by atoms with Crippen molar-refractivity contribution in [3.8, 4) is 0 Å². The number of carbonyl (C=O) groups is 1. The van der Waals surface area contributed by atoms with Crippen molar-refractivity contribution >= 4 is 23.2 Å². The Balaban J connectivity index is 2.21. The first-order valence-electron chi connectivity index (χ1n) is 4.90. The van der Waals surface area contributed by atoms with Crippen molar-refractivity contribution in [1.82, 2.24) is 0 Å². The molecule has 1 heterocycles. The van der Waals surface area contributed by atoms with Gasteiger partial charge in [0.05, 0.1) is 10.7 Å². The number of anilines is 1. The number of furan rings is 1. The minimum absolute atomic E-state index is 0.0246. The van der Waals surface area contributed by atoms with E-state index in [4.69, 9.17) is 16.0 Å². The third-order valence-electron chi connectivity index (χ3n) is 2.16. The van der Waals surface area contributed by atoms with Gasteiger partial charge in [0.25, 0.3) is 5.91 Å². The van der Waals surface area contributed by atoms with E-state index in [1.54, 1.807) is 19.1 Å². The molecule has 2 aromatic rings. The predicted molar refractivity (Wildman–Crippen MR) is 62.8 cm³/mol. The van der Waals surface area contributed by atoms with E-state index in [-0.39, 0.29) is 16.5 Å². The highest BCUT2D eigenvalue weighted by Gasteiger charge is 2.13. The van der Waals surface area contributed by atoms with Gasteiger partial charge in [-0.15, -0.1) is 0 Å². The minimum atomic E-state index is -0.661. The molecule has 0 radical (unpaired) electrons. The number of benzene rings is 1. The molecule has 0 fully saturated rings. The summed E-state index contributed by atoms with van der Waals surface area (Å²) in [4.78, 5) is 11.7. The maximum Gasteiger partial charge on any atom is 0.291 e. The summed E-state index contributed by atoms with van der Waals surface area (Å²) >= 11 is 5.60. The first kappa shape index (κ1) is 11.7. The second-order valence-corrected chi connectivity index (χ2v) is 3.87. The van der Waals surface area contributed by atoms with Crippen LogP contribution in [-0.2, 0) is 0 Å². The highest BCUT2D eigenvalue weighted by Crippen LogP contribution is 2.22. The maximum absolute atomic E-state index is 13.5. The van der Waals surface area contributed by atoms with Crippen molar-refractivity contribution in [2.45, 2.75) is 6.92 Å². The molecular weight excluding hydrogens is 245 g/mol. The van der Waals surface area contributed by atoms with Crippen LogP contribution in [0.2, 0.25) is 5.02 Å². The highest BCUT2D eigenvalue weighted by molar-refractivity contribution is 6.31. The number of carbonyl (C=O) groups excluding carboxylic acids is 1. The van der Waals surface area contributed by atoms with Gasteiger partial charge in [0, 0.05) is 0 Å². The largest absolute Gasteiger partial charge is 0.456 e. The minimum Gasteiger partial charge on any atom is -0.456 e. The third-order valence-corrected chi connectivity index (χ3v) is 2.46. The van der Waals surface area contributed by atoms with E-state index in [2.05, 4.69) is 5.32 Å². The molecule has 0 saturated carbocycles. The Labute approximate surface area is 102 Å². The molecular formula is C12H9ClFNO2. The molecule has 0 atom stereocenters. The zero-order chi connectivity index (χ0) is 12.4. The van der Waals surface area contributed by atoms with E-state index < -0.39 is 11.7 Å². The van der Waals surface area contributed by atoms with Gasteiger partial charge in [0.15, 0.2) is 11.6 Å². The smallest absolute Gasteiger partial charge is 0.291 e. The zero-order valence-corrected chi connectivity index (χ0v) is 9.72. The molecule has 17 heavy (non-hydrogen) atoms. The lowest BCUT2D eigenvalue weighted by molar-refractivity contribution is 0.0995. The highest BCUT2D eigenvalue weighted by atomic mass is 35.5. The molecule has 1 aromatic carbocycles. The van der Waals surface area contributed by atoms with Crippen LogP contribution in [0.15, 0.2) is 34.7 Å². The number of rotatable bonds is 2. The average Bonchev–Trinajstić information content (AvgIpc) is 2.72. The number of hydrogen-bond acceptors (Lipinski definition) is 2. The number of amides is 1. The molecule has 0 aliphatic carbocycles. The van der Waals surface area contributed by atoms with E-state index in [0.29, 0.717) is 5.76 Å². The molecule has 0 aliphatic heterocycles. The zero-order valence-electron chi connectivity index (χ0n) is 8.96. The summed E-state index contributed by atoms with van der Waals surface area (Å²) in [5.41, 5.74) is 0.0246. The van der Waals surface area contributed by atoms with Gasteiger partial charge in [-0.2, -0.15) is 0 Å². The van der Waals surface area contributed by atoms with Gasteiger partial charge >= 0.3 is 0 Å². The molecule has 0 bridgehead atoms. The van der Waals surface area contributed by atoms with E-state index in [0.717, 1.165) is 0 Å². The second kappa shape index (κ2) is 4.59. The Morgan fingerprint density at radius 2 is 2.12 bits per heavy atom. The molecule has 1 N–H and O–H groups in total. The Kier molecular flexibility index (Phi) is 3.15. The number of nitrogens with one attached hydrogen (secondary N) is 1. The van der Waals surface area contributed by atoms with Crippen molar-refractivity contribution in [3.05, 3.63) is 52.7 Å². The topological polar surface area (TPSA) is 42.2 Å². The fraction of sp³-hybridized carbons (Fsp3) is 0.0833. The lowest BCUT2D eigenvalue weighted by atomic mass is 10.3. The monoisotopic (exact) mass is 253 g/mol. The molecule has 88 valence electrons. The lowest BCUT2D eigenvalue weighted by Crippen LogP contribution is -2.12. The van der Waals surface area contributed by atoms with Crippen molar-refractivity contribution in [3.63, 3.8) is 0 Å². The van der Waals surface area contributed by atoms with Crippen LogP contribution < -0.4 is 5.32 Å². The molecule has 0 spiro atoms. The Hall–Kier alpha value is -1.81. The normalized spacial score (nSPS) is 10.3.